The Morgan fingerprint density at radius 3 is 2.13 bits per heavy atom. The van der Waals surface area contributed by atoms with Crippen molar-refractivity contribution in [2.45, 2.75) is 45.1 Å². The third-order valence-electron chi connectivity index (χ3n) is 3.49. The number of aliphatic hydroxyl groups excluding tert-OH is 1. The van der Waals surface area contributed by atoms with E-state index in [1.54, 1.807) is 0 Å². The zero-order valence-electron chi connectivity index (χ0n) is 9.77. The molecule has 1 heteroatoms. The molecule has 0 aliphatic heterocycles. The van der Waals surface area contributed by atoms with Crippen LogP contribution in [-0.4, -0.2) is 11.2 Å². The summed E-state index contributed by atoms with van der Waals surface area (Å²) in [4.78, 5) is 0. The van der Waals surface area contributed by atoms with Gasteiger partial charge in [0.25, 0.3) is 0 Å². The van der Waals surface area contributed by atoms with E-state index in [0.717, 1.165) is 6.42 Å². The number of rotatable bonds is 3. The van der Waals surface area contributed by atoms with E-state index in [1.807, 2.05) is 6.92 Å². The molecule has 1 aromatic rings. The fraction of sp³-hybridized carbons (Fsp3) is 0.571. The van der Waals surface area contributed by atoms with Gasteiger partial charge in [-0.2, -0.15) is 0 Å². The maximum Gasteiger partial charge on any atom is 0.0546 e. The zero-order chi connectivity index (χ0) is 11.0. The third-order valence-corrected chi connectivity index (χ3v) is 3.49. The van der Waals surface area contributed by atoms with Crippen molar-refractivity contribution in [2.75, 3.05) is 0 Å². The van der Waals surface area contributed by atoms with E-state index in [4.69, 9.17) is 0 Å². The van der Waals surface area contributed by atoms with E-state index in [0.29, 0.717) is 17.8 Å². The van der Waals surface area contributed by atoms with E-state index in [2.05, 4.69) is 38.1 Å². The summed E-state index contributed by atoms with van der Waals surface area (Å²) in [5.41, 5.74) is 2.79. The second-order valence-electron chi connectivity index (χ2n) is 5.07. The molecule has 1 nitrogen and oxygen atoms in total. The second kappa shape index (κ2) is 3.97. The smallest absolute Gasteiger partial charge is 0.0546 e. The molecule has 1 aliphatic carbocycles. The van der Waals surface area contributed by atoms with Gasteiger partial charge in [-0.1, -0.05) is 38.1 Å². The lowest BCUT2D eigenvalue weighted by molar-refractivity contribution is 0.169. The molecule has 0 spiro atoms. The molecular weight excluding hydrogens is 184 g/mol. The average Bonchev–Trinajstić information content (AvgIpc) is 2.97. The minimum Gasteiger partial charge on any atom is -0.393 e. The Morgan fingerprint density at radius 2 is 1.73 bits per heavy atom. The van der Waals surface area contributed by atoms with Gasteiger partial charge in [-0.05, 0) is 42.2 Å². The van der Waals surface area contributed by atoms with E-state index < -0.39 is 0 Å². The summed E-state index contributed by atoms with van der Waals surface area (Å²) in [6, 6.07) is 8.89. The predicted molar refractivity (Wildman–Crippen MR) is 63.1 cm³/mol. The zero-order valence-corrected chi connectivity index (χ0v) is 9.77. The number of hydrogen-bond acceptors (Lipinski definition) is 1. The van der Waals surface area contributed by atoms with Crippen molar-refractivity contribution < 1.29 is 5.11 Å². The van der Waals surface area contributed by atoms with Crippen LogP contribution in [0.1, 0.15) is 50.2 Å². The Labute approximate surface area is 92.1 Å². The molecule has 1 aromatic carbocycles. The third kappa shape index (κ3) is 2.23. The van der Waals surface area contributed by atoms with Crippen LogP contribution in [-0.2, 0) is 0 Å². The highest BCUT2D eigenvalue weighted by atomic mass is 16.3. The topological polar surface area (TPSA) is 20.2 Å². The van der Waals surface area contributed by atoms with Crippen LogP contribution in [0.15, 0.2) is 24.3 Å². The van der Waals surface area contributed by atoms with Crippen LogP contribution >= 0.6 is 0 Å². The lowest BCUT2D eigenvalue weighted by atomic mass is 9.99. The molecule has 3 atom stereocenters. The van der Waals surface area contributed by atoms with Crippen molar-refractivity contribution in [3.8, 4) is 0 Å². The monoisotopic (exact) mass is 204 g/mol. The summed E-state index contributed by atoms with van der Waals surface area (Å²) >= 11 is 0. The first-order chi connectivity index (χ1) is 7.09. The molecule has 0 unspecified atom stereocenters. The quantitative estimate of drug-likeness (QED) is 0.801. The second-order valence-corrected chi connectivity index (χ2v) is 5.07. The first kappa shape index (κ1) is 10.7. The molecule has 0 saturated heterocycles. The molecular formula is C14H20O. The maximum absolute atomic E-state index is 9.47. The van der Waals surface area contributed by atoms with Gasteiger partial charge in [0.05, 0.1) is 6.10 Å². The van der Waals surface area contributed by atoms with Crippen molar-refractivity contribution in [2.24, 2.45) is 5.92 Å². The highest BCUT2D eigenvalue weighted by molar-refractivity contribution is 5.31. The van der Waals surface area contributed by atoms with E-state index in [9.17, 15) is 5.11 Å². The van der Waals surface area contributed by atoms with Gasteiger partial charge in [0.2, 0.25) is 0 Å². The van der Waals surface area contributed by atoms with Gasteiger partial charge in [0.1, 0.15) is 0 Å². The standard InChI is InChI=1S/C14H20O/c1-9(2)11-4-6-12(7-5-11)14-8-13(14)10(3)15/h4-7,9-10,13-15H,8H2,1-3H3/t10-,13+,14-/m0/s1. The number of benzene rings is 1. The Kier molecular flexibility index (Phi) is 2.83. The van der Waals surface area contributed by atoms with Crippen molar-refractivity contribution in [1.82, 2.24) is 0 Å². The summed E-state index contributed by atoms with van der Waals surface area (Å²) in [6.07, 6.45) is 0.998. The Bertz CT molecular complexity index is 324. The van der Waals surface area contributed by atoms with Gasteiger partial charge in [-0.3, -0.25) is 0 Å². The van der Waals surface area contributed by atoms with Crippen molar-refractivity contribution in [1.29, 1.82) is 0 Å². The molecule has 2 rings (SSSR count). The molecule has 1 saturated carbocycles. The first-order valence-corrected chi connectivity index (χ1v) is 5.87. The molecule has 1 aliphatic rings. The first-order valence-electron chi connectivity index (χ1n) is 5.87. The van der Waals surface area contributed by atoms with Crippen LogP contribution in [0, 0.1) is 5.92 Å². The fourth-order valence-electron chi connectivity index (χ4n) is 2.26. The van der Waals surface area contributed by atoms with Crippen LogP contribution < -0.4 is 0 Å². The molecule has 0 radical (unpaired) electrons. The average molecular weight is 204 g/mol. The minimum atomic E-state index is -0.153. The molecule has 15 heavy (non-hydrogen) atoms. The fourth-order valence-corrected chi connectivity index (χ4v) is 2.26. The maximum atomic E-state index is 9.47. The van der Waals surface area contributed by atoms with Gasteiger partial charge in [-0.25, -0.2) is 0 Å². The summed E-state index contributed by atoms with van der Waals surface area (Å²) in [6.45, 7) is 6.32. The van der Waals surface area contributed by atoms with Gasteiger partial charge in [0, 0.05) is 0 Å². The van der Waals surface area contributed by atoms with E-state index >= 15 is 0 Å². The molecule has 0 bridgehead atoms. The van der Waals surface area contributed by atoms with Crippen LogP contribution in [0.3, 0.4) is 0 Å². The molecule has 0 aromatic heterocycles. The molecule has 1 fully saturated rings. The highest BCUT2D eigenvalue weighted by Gasteiger charge is 2.41. The van der Waals surface area contributed by atoms with Crippen molar-refractivity contribution >= 4 is 0 Å². The summed E-state index contributed by atoms with van der Waals surface area (Å²) in [5, 5.41) is 9.47. The van der Waals surface area contributed by atoms with Crippen molar-refractivity contribution in [3.05, 3.63) is 35.4 Å². The van der Waals surface area contributed by atoms with Crippen LogP contribution in [0.25, 0.3) is 0 Å². The summed E-state index contributed by atoms with van der Waals surface area (Å²) in [7, 11) is 0. The largest absolute Gasteiger partial charge is 0.393 e. The molecule has 0 heterocycles. The lowest BCUT2D eigenvalue weighted by Gasteiger charge is -2.07. The van der Waals surface area contributed by atoms with Gasteiger partial charge in [-0.15, -0.1) is 0 Å². The predicted octanol–water partition coefficient (Wildman–Crippen LogP) is 3.29. The Hall–Kier alpha value is -0.820. The highest BCUT2D eigenvalue weighted by Crippen LogP contribution is 2.49. The normalized spacial score (nSPS) is 26.7. The van der Waals surface area contributed by atoms with E-state index in [1.165, 1.54) is 11.1 Å². The number of hydrogen-bond donors (Lipinski definition) is 1. The Morgan fingerprint density at radius 1 is 1.13 bits per heavy atom. The summed E-state index contributed by atoms with van der Waals surface area (Å²) < 4.78 is 0. The van der Waals surface area contributed by atoms with Crippen molar-refractivity contribution in [3.63, 3.8) is 0 Å². The number of aliphatic hydroxyl groups is 1. The molecule has 1 N–H and O–H groups in total. The van der Waals surface area contributed by atoms with Gasteiger partial charge >= 0.3 is 0 Å². The molecule has 0 amide bonds. The lowest BCUT2D eigenvalue weighted by Crippen LogP contribution is -2.03. The Balaban J connectivity index is 2.06. The van der Waals surface area contributed by atoms with Gasteiger partial charge < -0.3 is 5.11 Å². The summed E-state index contributed by atoms with van der Waals surface area (Å²) in [5.74, 6) is 1.70. The van der Waals surface area contributed by atoms with Gasteiger partial charge in [0.15, 0.2) is 0 Å². The van der Waals surface area contributed by atoms with Crippen LogP contribution in [0.2, 0.25) is 0 Å². The van der Waals surface area contributed by atoms with Crippen LogP contribution in [0.4, 0.5) is 0 Å². The van der Waals surface area contributed by atoms with E-state index in [-0.39, 0.29) is 6.10 Å². The molecule has 82 valence electrons. The SMILES string of the molecule is CC(C)c1ccc([C@@H]2C[C@@H]2[C@H](C)O)cc1. The van der Waals surface area contributed by atoms with Crippen LogP contribution in [0.5, 0.6) is 0 Å². The minimum absolute atomic E-state index is 0.153.